The molecule has 0 saturated carbocycles. The zero-order valence-electron chi connectivity index (χ0n) is 4.66. The van der Waals surface area contributed by atoms with Gasteiger partial charge < -0.3 is 5.21 Å². The molecular formula is C8H15NO. The van der Waals surface area contributed by atoms with Gasteiger partial charge in [-0.05, 0) is 13.0 Å². The Morgan fingerprint density at radius 3 is 2.30 bits per heavy atom. The predicted octanol–water partition coefficient (Wildman–Crippen LogP) is 1.90. The van der Waals surface area contributed by atoms with Crippen molar-refractivity contribution in [3.63, 3.8) is 0 Å². The van der Waals surface area contributed by atoms with Crippen LogP contribution in [-0.2, 0) is 0 Å². The Labute approximate surface area is 62.7 Å². The van der Waals surface area contributed by atoms with Gasteiger partial charge in [0.05, 0.1) is 0 Å². The average Bonchev–Trinajstić information content (AvgIpc) is 1.64. The molecule has 0 saturated heterocycles. The monoisotopic (exact) mass is 141 g/mol. The molecule has 0 aliphatic rings. The predicted molar refractivity (Wildman–Crippen MR) is 43.6 cm³/mol. The Kier molecular flexibility index (Phi) is 5.61. The first kappa shape index (κ1) is 11.7. The van der Waals surface area contributed by atoms with E-state index < -0.39 is 0 Å². The van der Waals surface area contributed by atoms with Crippen LogP contribution in [0.25, 0.3) is 0 Å². The maximum atomic E-state index is 10.4. The number of rotatable bonds is 0. The van der Waals surface area contributed by atoms with Gasteiger partial charge in [0.15, 0.2) is 12.4 Å². The zero-order valence-corrected chi connectivity index (χ0v) is 4.66. The van der Waals surface area contributed by atoms with Gasteiger partial charge in [-0.25, -0.2) is 0 Å². The Morgan fingerprint density at radius 2 is 2.00 bits per heavy atom. The standard InChI is InChI=1S/C6H7NO.2CH4/c1-6-3-2-4-7(8)5-6;;/h2-5H,1H3;2*1H4. The van der Waals surface area contributed by atoms with Gasteiger partial charge in [-0.1, -0.05) is 14.9 Å². The van der Waals surface area contributed by atoms with Crippen molar-refractivity contribution in [3.05, 3.63) is 35.3 Å². The van der Waals surface area contributed by atoms with E-state index in [2.05, 4.69) is 0 Å². The molecule has 0 atom stereocenters. The van der Waals surface area contributed by atoms with Gasteiger partial charge in [0.1, 0.15) is 0 Å². The first-order chi connectivity index (χ1) is 3.79. The van der Waals surface area contributed by atoms with Gasteiger partial charge in [-0.2, -0.15) is 4.73 Å². The molecule has 1 rings (SSSR count). The van der Waals surface area contributed by atoms with Crippen LogP contribution in [0.15, 0.2) is 24.5 Å². The highest BCUT2D eigenvalue weighted by Gasteiger charge is 1.85. The minimum absolute atomic E-state index is 0. The molecule has 0 spiro atoms. The molecule has 2 nitrogen and oxygen atoms in total. The molecule has 58 valence electrons. The number of aromatic nitrogens is 1. The van der Waals surface area contributed by atoms with Crippen LogP contribution in [0, 0.1) is 12.1 Å². The minimum Gasteiger partial charge on any atom is -0.619 e. The Balaban J connectivity index is 0. The molecule has 0 radical (unpaired) electrons. The Morgan fingerprint density at radius 1 is 1.40 bits per heavy atom. The largest absolute Gasteiger partial charge is 0.619 e. The maximum absolute atomic E-state index is 10.4. The third-order valence-corrected chi connectivity index (χ3v) is 0.923. The fraction of sp³-hybridized carbons (Fsp3) is 0.375. The Bertz CT molecular complexity index is 169. The summed E-state index contributed by atoms with van der Waals surface area (Å²) in [5.74, 6) is 0. The van der Waals surface area contributed by atoms with Crippen LogP contribution in [0.5, 0.6) is 0 Å². The molecule has 0 aliphatic heterocycles. The molecule has 0 bridgehead atoms. The number of hydrogen-bond acceptors (Lipinski definition) is 1. The van der Waals surface area contributed by atoms with Gasteiger partial charge in [-0.3, -0.25) is 0 Å². The number of hydrogen-bond donors (Lipinski definition) is 0. The summed E-state index contributed by atoms with van der Waals surface area (Å²) in [7, 11) is 0. The van der Waals surface area contributed by atoms with E-state index in [1.54, 1.807) is 6.07 Å². The van der Waals surface area contributed by atoms with E-state index >= 15 is 0 Å². The topological polar surface area (TPSA) is 26.9 Å². The Hall–Kier alpha value is -1.05. The van der Waals surface area contributed by atoms with Crippen molar-refractivity contribution in [2.45, 2.75) is 21.8 Å². The van der Waals surface area contributed by atoms with Crippen molar-refractivity contribution in [2.75, 3.05) is 0 Å². The molecule has 0 aromatic carbocycles. The van der Waals surface area contributed by atoms with Crippen LogP contribution < -0.4 is 4.73 Å². The van der Waals surface area contributed by atoms with Gasteiger partial charge in [0.2, 0.25) is 0 Å². The normalized spacial score (nSPS) is 7.30. The van der Waals surface area contributed by atoms with Crippen molar-refractivity contribution in [1.82, 2.24) is 0 Å². The third-order valence-electron chi connectivity index (χ3n) is 0.923. The van der Waals surface area contributed by atoms with Crippen molar-refractivity contribution < 1.29 is 4.73 Å². The molecular weight excluding hydrogens is 126 g/mol. The lowest BCUT2D eigenvalue weighted by Crippen LogP contribution is -2.23. The lowest BCUT2D eigenvalue weighted by Gasteiger charge is -1.92. The minimum atomic E-state index is 0. The summed E-state index contributed by atoms with van der Waals surface area (Å²) in [4.78, 5) is 0. The number of nitrogens with zero attached hydrogens (tertiary/aromatic N) is 1. The summed E-state index contributed by atoms with van der Waals surface area (Å²) in [5, 5.41) is 10.4. The summed E-state index contributed by atoms with van der Waals surface area (Å²) in [6.45, 7) is 1.88. The quantitative estimate of drug-likeness (QED) is 0.400. The summed E-state index contributed by atoms with van der Waals surface area (Å²) in [5.41, 5.74) is 0.988. The summed E-state index contributed by atoms with van der Waals surface area (Å²) < 4.78 is 0.787. The molecule has 10 heavy (non-hydrogen) atoms. The molecule has 0 aliphatic carbocycles. The van der Waals surface area contributed by atoms with Crippen molar-refractivity contribution in [2.24, 2.45) is 0 Å². The van der Waals surface area contributed by atoms with Crippen molar-refractivity contribution in [1.29, 1.82) is 0 Å². The van der Waals surface area contributed by atoms with Gasteiger partial charge >= 0.3 is 0 Å². The average molecular weight is 141 g/mol. The zero-order chi connectivity index (χ0) is 5.98. The van der Waals surface area contributed by atoms with Crippen LogP contribution in [0.2, 0.25) is 0 Å². The summed E-state index contributed by atoms with van der Waals surface area (Å²) in [6, 6.07) is 3.61. The lowest BCUT2D eigenvalue weighted by atomic mass is 10.3. The smallest absolute Gasteiger partial charge is 0.183 e. The van der Waals surface area contributed by atoms with E-state index in [9.17, 15) is 5.21 Å². The molecule has 0 unspecified atom stereocenters. The van der Waals surface area contributed by atoms with E-state index in [0.29, 0.717) is 0 Å². The summed E-state index contributed by atoms with van der Waals surface area (Å²) in [6.07, 6.45) is 2.99. The second-order valence-corrected chi connectivity index (χ2v) is 1.74. The molecule has 0 amide bonds. The van der Waals surface area contributed by atoms with Crippen LogP contribution in [-0.4, -0.2) is 0 Å². The van der Waals surface area contributed by atoms with Crippen LogP contribution in [0.1, 0.15) is 20.4 Å². The molecule has 0 fully saturated rings. The fourth-order valence-corrected chi connectivity index (χ4v) is 0.566. The molecule has 1 aromatic heterocycles. The summed E-state index contributed by atoms with van der Waals surface area (Å²) >= 11 is 0. The highest BCUT2D eigenvalue weighted by atomic mass is 16.5. The van der Waals surface area contributed by atoms with Crippen LogP contribution in [0.4, 0.5) is 0 Å². The number of aryl methyl sites for hydroxylation is 1. The molecule has 0 N–H and O–H groups in total. The fourth-order valence-electron chi connectivity index (χ4n) is 0.566. The lowest BCUT2D eigenvalue weighted by molar-refractivity contribution is -0.605. The van der Waals surface area contributed by atoms with E-state index in [1.165, 1.54) is 12.4 Å². The van der Waals surface area contributed by atoms with Crippen molar-refractivity contribution in [3.8, 4) is 0 Å². The van der Waals surface area contributed by atoms with Gasteiger partial charge in [0.25, 0.3) is 0 Å². The van der Waals surface area contributed by atoms with E-state index in [0.717, 1.165) is 10.3 Å². The molecule has 1 heterocycles. The molecule has 2 heteroatoms. The van der Waals surface area contributed by atoms with Crippen LogP contribution in [0.3, 0.4) is 0 Å². The maximum Gasteiger partial charge on any atom is 0.183 e. The van der Waals surface area contributed by atoms with E-state index in [4.69, 9.17) is 0 Å². The highest BCUT2D eigenvalue weighted by molar-refractivity contribution is 5.01. The first-order valence-corrected chi connectivity index (χ1v) is 2.44. The molecule has 1 aromatic rings. The number of pyridine rings is 1. The third kappa shape index (κ3) is 3.07. The van der Waals surface area contributed by atoms with E-state index in [1.807, 2.05) is 13.0 Å². The second-order valence-electron chi connectivity index (χ2n) is 1.74. The van der Waals surface area contributed by atoms with Gasteiger partial charge in [0, 0.05) is 11.6 Å². The van der Waals surface area contributed by atoms with Gasteiger partial charge in [-0.15, -0.1) is 0 Å². The SMILES string of the molecule is C.C.Cc1ccc[n+]([O-])c1. The van der Waals surface area contributed by atoms with E-state index in [-0.39, 0.29) is 14.9 Å². The van der Waals surface area contributed by atoms with Crippen molar-refractivity contribution >= 4 is 0 Å². The second kappa shape index (κ2) is 4.79. The highest BCUT2D eigenvalue weighted by Crippen LogP contribution is 1.86. The first-order valence-electron chi connectivity index (χ1n) is 2.44. The van der Waals surface area contributed by atoms with Crippen LogP contribution >= 0.6 is 0 Å².